The average Bonchev–Trinajstić information content (AvgIpc) is 2.93. The lowest BCUT2D eigenvalue weighted by molar-refractivity contribution is -0.207. The number of hydrogen-bond donors (Lipinski definition) is 5. The number of H-pyrrole nitrogens is 1. The predicted octanol–water partition coefficient (Wildman–Crippen LogP) is -1.71. The lowest BCUT2D eigenvalue weighted by Crippen LogP contribution is -2.50. The molecule has 0 aromatic carbocycles. The second-order valence-corrected chi connectivity index (χ2v) is 5.06. The van der Waals surface area contributed by atoms with Gasteiger partial charge in [0.25, 0.3) is 5.56 Å². The Hall–Kier alpha value is -2.08. The lowest BCUT2D eigenvalue weighted by atomic mass is 10.0. The first-order chi connectivity index (χ1) is 10.9. The van der Waals surface area contributed by atoms with Crippen molar-refractivity contribution in [3.8, 4) is 0 Å². The van der Waals surface area contributed by atoms with Crippen LogP contribution in [0.5, 0.6) is 0 Å². The highest BCUT2D eigenvalue weighted by Gasteiger charge is 2.39. The molecule has 1 unspecified atom stereocenters. The molecule has 11 heteroatoms. The lowest BCUT2D eigenvalue weighted by Gasteiger charge is -2.35. The molecule has 0 saturated heterocycles. The standard InChI is InChI=1S/C12H18FN5O5/c1-6(21)12(3-13,4-20)23-7(2-19)18-5-15-8-9(18)16-11(14)17-10(8)22/h5-7,19-21H,2-4H2,1H3,(H3,14,16,17,22)/t6-,7?,12+/m0/s1. The number of imidazole rings is 1. The molecular formula is C12H18FN5O5. The Bertz CT molecular complexity index is 726. The zero-order chi connectivity index (χ0) is 17.2. The Morgan fingerprint density at radius 3 is 2.78 bits per heavy atom. The predicted molar refractivity (Wildman–Crippen MR) is 77.2 cm³/mol. The van der Waals surface area contributed by atoms with E-state index in [1.165, 1.54) is 11.5 Å². The number of aromatic amines is 1. The van der Waals surface area contributed by atoms with Crippen molar-refractivity contribution in [2.75, 3.05) is 25.6 Å². The summed E-state index contributed by atoms with van der Waals surface area (Å²) in [5.74, 6) is -0.171. The quantitative estimate of drug-likeness (QED) is 0.401. The number of nitrogens with one attached hydrogen (secondary N) is 1. The van der Waals surface area contributed by atoms with Crippen LogP contribution in [0.1, 0.15) is 13.2 Å². The van der Waals surface area contributed by atoms with Crippen LogP contribution in [0.3, 0.4) is 0 Å². The summed E-state index contributed by atoms with van der Waals surface area (Å²) in [4.78, 5) is 21.7. The van der Waals surface area contributed by atoms with Gasteiger partial charge in [-0.3, -0.25) is 14.3 Å². The highest BCUT2D eigenvalue weighted by atomic mass is 19.1. The molecule has 0 aliphatic rings. The van der Waals surface area contributed by atoms with Crippen LogP contribution in [0.2, 0.25) is 0 Å². The van der Waals surface area contributed by atoms with E-state index in [-0.39, 0.29) is 17.1 Å². The number of alkyl halides is 1. The van der Waals surface area contributed by atoms with Crippen LogP contribution in [-0.4, -0.2) is 66.4 Å². The van der Waals surface area contributed by atoms with Crippen LogP contribution in [0.25, 0.3) is 11.2 Å². The molecule has 0 aliphatic heterocycles. The van der Waals surface area contributed by atoms with Crippen molar-refractivity contribution >= 4 is 17.1 Å². The molecule has 0 fully saturated rings. The van der Waals surface area contributed by atoms with Gasteiger partial charge in [-0.15, -0.1) is 0 Å². The molecule has 2 rings (SSSR count). The Kier molecular flexibility index (Phi) is 4.94. The van der Waals surface area contributed by atoms with E-state index >= 15 is 0 Å². The fourth-order valence-electron chi connectivity index (χ4n) is 2.06. The number of aromatic nitrogens is 4. The van der Waals surface area contributed by atoms with Crippen molar-refractivity contribution < 1.29 is 24.4 Å². The molecule has 2 heterocycles. The van der Waals surface area contributed by atoms with Gasteiger partial charge in [0.15, 0.2) is 17.4 Å². The molecule has 6 N–H and O–H groups in total. The minimum Gasteiger partial charge on any atom is -0.393 e. The molecular weight excluding hydrogens is 313 g/mol. The molecule has 2 aromatic rings. The van der Waals surface area contributed by atoms with Gasteiger partial charge in [0.1, 0.15) is 12.3 Å². The maximum absolute atomic E-state index is 13.3. The third-order valence-corrected chi connectivity index (χ3v) is 3.54. The van der Waals surface area contributed by atoms with E-state index in [4.69, 9.17) is 10.5 Å². The van der Waals surface area contributed by atoms with Gasteiger partial charge in [-0.05, 0) is 6.92 Å². The van der Waals surface area contributed by atoms with Crippen LogP contribution in [0.4, 0.5) is 10.3 Å². The van der Waals surface area contributed by atoms with Crippen LogP contribution in [-0.2, 0) is 4.74 Å². The van der Waals surface area contributed by atoms with Crippen molar-refractivity contribution in [1.82, 2.24) is 19.5 Å². The van der Waals surface area contributed by atoms with E-state index in [0.717, 1.165) is 6.33 Å². The first-order valence-corrected chi connectivity index (χ1v) is 6.74. The second-order valence-electron chi connectivity index (χ2n) is 5.06. The Labute approximate surface area is 129 Å². The molecule has 128 valence electrons. The van der Waals surface area contributed by atoms with Gasteiger partial charge in [0, 0.05) is 0 Å². The smallest absolute Gasteiger partial charge is 0.280 e. The van der Waals surface area contributed by atoms with Gasteiger partial charge in [-0.1, -0.05) is 0 Å². The summed E-state index contributed by atoms with van der Waals surface area (Å²) in [5, 5.41) is 28.6. The molecule has 23 heavy (non-hydrogen) atoms. The van der Waals surface area contributed by atoms with E-state index in [2.05, 4.69) is 15.0 Å². The van der Waals surface area contributed by atoms with Crippen molar-refractivity contribution in [3.63, 3.8) is 0 Å². The number of nitrogens with zero attached hydrogens (tertiary/aromatic N) is 3. The van der Waals surface area contributed by atoms with Gasteiger partial charge < -0.3 is 25.8 Å². The summed E-state index contributed by atoms with van der Waals surface area (Å²) in [6.45, 7) is -1.41. The van der Waals surface area contributed by atoms with E-state index in [0.29, 0.717) is 0 Å². The van der Waals surface area contributed by atoms with Crippen molar-refractivity contribution in [2.45, 2.75) is 24.9 Å². The molecule has 2 aromatic heterocycles. The second kappa shape index (κ2) is 6.58. The number of nitrogens with two attached hydrogens (primary N) is 1. The fourth-order valence-corrected chi connectivity index (χ4v) is 2.06. The van der Waals surface area contributed by atoms with Gasteiger partial charge in [0.2, 0.25) is 5.95 Å². The maximum Gasteiger partial charge on any atom is 0.280 e. The largest absolute Gasteiger partial charge is 0.393 e. The third-order valence-electron chi connectivity index (χ3n) is 3.54. The summed E-state index contributed by atoms with van der Waals surface area (Å²) in [5.41, 5.74) is 2.92. The number of ether oxygens (including phenoxy) is 1. The molecule has 10 nitrogen and oxygen atoms in total. The van der Waals surface area contributed by atoms with E-state index in [1.54, 1.807) is 0 Å². The number of fused-ring (bicyclic) bond motifs is 1. The van der Waals surface area contributed by atoms with Gasteiger partial charge in [-0.25, -0.2) is 9.37 Å². The van der Waals surface area contributed by atoms with Gasteiger partial charge in [0.05, 0.1) is 25.6 Å². The first kappa shape index (κ1) is 17.3. The number of halogens is 1. The summed E-state index contributed by atoms with van der Waals surface area (Å²) in [7, 11) is 0. The number of aliphatic hydroxyl groups is 3. The Balaban J connectivity index is 2.48. The molecule has 0 bridgehead atoms. The number of aliphatic hydroxyl groups excluding tert-OH is 3. The number of hydrogen-bond acceptors (Lipinski definition) is 8. The first-order valence-electron chi connectivity index (χ1n) is 6.74. The fraction of sp³-hybridized carbons (Fsp3) is 0.583. The topological polar surface area (TPSA) is 160 Å². The average molecular weight is 331 g/mol. The minimum atomic E-state index is -1.93. The zero-order valence-corrected chi connectivity index (χ0v) is 12.3. The molecule has 0 amide bonds. The maximum atomic E-state index is 13.3. The van der Waals surface area contributed by atoms with Crippen molar-refractivity contribution in [3.05, 3.63) is 16.7 Å². The Morgan fingerprint density at radius 1 is 1.57 bits per heavy atom. The third kappa shape index (κ3) is 3.03. The van der Waals surface area contributed by atoms with Crippen LogP contribution in [0, 0.1) is 0 Å². The van der Waals surface area contributed by atoms with Gasteiger partial charge >= 0.3 is 0 Å². The SMILES string of the molecule is C[C@H](O)[C@](CO)(CF)OC(CO)n1cnc2c(=O)[nH]c(N)nc21. The van der Waals surface area contributed by atoms with Crippen LogP contribution < -0.4 is 11.3 Å². The Morgan fingerprint density at radius 2 is 2.26 bits per heavy atom. The summed E-state index contributed by atoms with van der Waals surface area (Å²) in [6, 6.07) is 0. The molecule has 3 atom stereocenters. The summed E-state index contributed by atoms with van der Waals surface area (Å²) >= 11 is 0. The normalized spacial score (nSPS) is 17.1. The molecule has 0 saturated carbocycles. The number of rotatable bonds is 7. The molecule has 0 spiro atoms. The summed E-state index contributed by atoms with van der Waals surface area (Å²) < 4.78 is 19.9. The minimum absolute atomic E-state index is 0.0154. The van der Waals surface area contributed by atoms with Crippen LogP contribution in [0.15, 0.2) is 11.1 Å². The molecule has 0 radical (unpaired) electrons. The highest BCUT2D eigenvalue weighted by molar-refractivity contribution is 5.70. The van der Waals surface area contributed by atoms with E-state index in [1.807, 2.05) is 0 Å². The zero-order valence-electron chi connectivity index (χ0n) is 12.3. The van der Waals surface area contributed by atoms with E-state index in [9.17, 15) is 24.5 Å². The van der Waals surface area contributed by atoms with Crippen molar-refractivity contribution in [1.29, 1.82) is 0 Å². The number of anilines is 1. The van der Waals surface area contributed by atoms with Crippen LogP contribution >= 0.6 is 0 Å². The number of nitrogen functional groups attached to an aromatic ring is 1. The summed E-state index contributed by atoms with van der Waals surface area (Å²) in [6.07, 6.45) is -1.44. The van der Waals surface area contributed by atoms with E-state index < -0.39 is 43.4 Å². The van der Waals surface area contributed by atoms with Crippen molar-refractivity contribution in [2.24, 2.45) is 0 Å². The molecule has 0 aliphatic carbocycles. The highest BCUT2D eigenvalue weighted by Crippen LogP contribution is 2.25. The van der Waals surface area contributed by atoms with Gasteiger partial charge in [-0.2, -0.15) is 4.98 Å². The monoisotopic (exact) mass is 331 g/mol.